The van der Waals surface area contributed by atoms with Crippen molar-refractivity contribution in [2.75, 3.05) is 33.2 Å². The fourth-order valence-corrected chi connectivity index (χ4v) is 2.42. The van der Waals surface area contributed by atoms with Crippen molar-refractivity contribution in [2.45, 2.75) is 44.6 Å². The minimum atomic E-state index is 0.0485. The number of hydrogen-bond donors (Lipinski definition) is 3. The number of likely N-dealkylation sites (tertiary alicyclic amines) is 1. The van der Waals surface area contributed by atoms with E-state index in [4.69, 9.17) is 5.73 Å². The van der Waals surface area contributed by atoms with E-state index in [1.807, 2.05) is 0 Å². The molecule has 0 bridgehead atoms. The van der Waals surface area contributed by atoms with Gasteiger partial charge in [-0.1, -0.05) is 6.42 Å². The highest BCUT2D eigenvalue weighted by molar-refractivity contribution is 5.77. The highest BCUT2D eigenvalue weighted by atomic mass is 16.2. The fourth-order valence-electron chi connectivity index (χ4n) is 2.42. The summed E-state index contributed by atoms with van der Waals surface area (Å²) in [5, 5.41) is 5.72. The molecule has 6 nitrogen and oxygen atoms in total. The van der Waals surface area contributed by atoms with E-state index in [1.165, 1.54) is 0 Å². The van der Waals surface area contributed by atoms with Crippen molar-refractivity contribution < 1.29 is 9.59 Å². The van der Waals surface area contributed by atoms with Crippen molar-refractivity contribution in [3.05, 3.63) is 0 Å². The van der Waals surface area contributed by atoms with Crippen LogP contribution in [0.3, 0.4) is 0 Å². The first-order valence-corrected chi connectivity index (χ1v) is 7.58. The van der Waals surface area contributed by atoms with E-state index in [1.54, 1.807) is 7.05 Å². The van der Waals surface area contributed by atoms with Crippen LogP contribution in [0.1, 0.15) is 38.5 Å². The second-order valence-corrected chi connectivity index (χ2v) is 5.39. The van der Waals surface area contributed by atoms with Crippen molar-refractivity contribution >= 4 is 11.8 Å². The van der Waals surface area contributed by atoms with Crippen molar-refractivity contribution in [3.8, 4) is 0 Å². The zero-order valence-corrected chi connectivity index (χ0v) is 12.5. The van der Waals surface area contributed by atoms with Crippen LogP contribution in [0.2, 0.25) is 0 Å². The van der Waals surface area contributed by atoms with Crippen LogP contribution in [0.25, 0.3) is 0 Å². The molecule has 1 fully saturated rings. The van der Waals surface area contributed by atoms with Gasteiger partial charge in [-0.15, -0.1) is 0 Å². The van der Waals surface area contributed by atoms with Crippen LogP contribution in [0.4, 0.5) is 0 Å². The van der Waals surface area contributed by atoms with Gasteiger partial charge >= 0.3 is 0 Å². The Kier molecular flexibility index (Phi) is 8.22. The Morgan fingerprint density at radius 1 is 1.15 bits per heavy atom. The molecule has 0 spiro atoms. The van der Waals surface area contributed by atoms with Crippen LogP contribution in [-0.4, -0.2) is 56.0 Å². The lowest BCUT2D eigenvalue weighted by Gasteiger charge is -2.31. The largest absolute Gasteiger partial charge is 0.358 e. The Morgan fingerprint density at radius 2 is 1.85 bits per heavy atom. The van der Waals surface area contributed by atoms with Gasteiger partial charge in [0, 0.05) is 32.6 Å². The zero-order valence-electron chi connectivity index (χ0n) is 12.5. The molecule has 116 valence electrons. The second kappa shape index (κ2) is 9.72. The number of unbranched alkanes of at least 4 members (excludes halogenated alkanes) is 2. The Balaban J connectivity index is 2.12. The molecule has 0 aromatic rings. The third-order valence-electron chi connectivity index (χ3n) is 3.71. The second-order valence-electron chi connectivity index (χ2n) is 5.39. The monoisotopic (exact) mass is 284 g/mol. The van der Waals surface area contributed by atoms with Gasteiger partial charge < -0.3 is 16.4 Å². The van der Waals surface area contributed by atoms with Crippen LogP contribution in [-0.2, 0) is 9.59 Å². The van der Waals surface area contributed by atoms with E-state index >= 15 is 0 Å². The Bertz CT molecular complexity index is 302. The number of rotatable bonds is 8. The number of nitrogens with one attached hydrogen (secondary N) is 2. The fraction of sp³-hybridized carbons (Fsp3) is 0.857. The summed E-state index contributed by atoms with van der Waals surface area (Å²) in [5.74, 6) is 0.194. The lowest BCUT2D eigenvalue weighted by Crippen LogP contribution is -2.47. The first-order valence-electron chi connectivity index (χ1n) is 7.58. The summed E-state index contributed by atoms with van der Waals surface area (Å²) in [6.07, 6.45) is 5.37. The number of nitrogens with two attached hydrogens (primary N) is 1. The standard InChI is InChI=1S/C14H28N4O2/c1-16-14(20)11-18-9-6-12(7-10-18)17-13(19)5-3-2-4-8-15/h12H,2-11,15H2,1H3,(H,16,20)(H,17,19). The molecule has 0 atom stereocenters. The maximum absolute atomic E-state index is 11.8. The van der Waals surface area contributed by atoms with E-state index in [2.05, 4.69) is 15.5 Å². The third kappa shape index (κ3) is 6.86. The van der Waals surface area contributed by atoms with E-state index in [9.17, 15) is 9.59 Å². The van der Waals surface area contributed by atoms with Gasteiger partial charge in [-0.05, 0) is 32.2 Å². The van der Waals surface area contributed by atoms with Crippen LogP contribution in [0.5, 0.6) is 0 Å². The maximum atomic E-state index is 11.8. The smallest absolute Gasteiger partial charge is 0.233 e. The molecule has 20 heavy (non-hydrogen) atoms. The molecule has 1 heterocycles. The van der Waals surface area contributed by atoms with Crippen LogP contribution in [0.15, 0.2) is 0 Å². The van der Waals surface area contributed by atoms with Gasteiger partial charge in [-0.2, -0.15) is 0 Å². The molecule has 1 aliphatic rings. The average molecular weight is 284 g/mol. The maximum Gasteiger partial charge on any atom is 0.233 e. The molecule has 2 amide bonds. The number of carbonyl (C=O) groups is 2. The highest BCUT2D eigenvalue weighted by Crippen LogP contribution is 2.10. The summed E-state index contributed by atoms with van der Waals surface area (Å²) in [6.45, 7) is 2.89. The van der Waals surface area contributed by atoms with Gasteiger partial charge in [0.15, 0.2) is 0 Å². The van der Waals surface area contributed by atoms with E-state index in [-0.39, 0.29) is 17.9 Å². The van der Waals surface area contributed by atoms with Crippen molar-refractivity contribution in [1.82, 2.24) is 15.5 Å². The summed E-state index contributed by atoms with van der Waals surface area (Å²) in [4.78, 5) is 25.2. The van der Waals surface area contributed by atoms with Gasteiger partial charge in [-0.3, -0.25) is 14.5 Å². The number of likely N-dealkylation sites (N-methyl/N-ethyl adjacent to an activating group) is 1. The molecule has 6 heteroatoms. The van der Waals surface area contributed by atoms with Gasteiger partial charge in [0.2, 0.25) is 11.8 Å². The van der Waals surface area contributed by atoms with E-state index in [0.29, 0.717) is 19.5 Å². The summed E-state index contributed by atoms with van der Waals surface area (Å²) in [5.41, 5.74) is 5.42. The SMILES string of the molecule is CNC(=O)CN1CCC(NC(=O)CCCCCN)CC1. The molecule has 0 aromatic heterocycles. The van der Waals surface area contributed by atoms with Crippen molar-refractivity contribution in [2.24, 2.45) is 5.73 Å². The minimum absolute atomic E-state index is 0.0485. The Labute approximate surface area is 121 Å². The van der Waals surface area contributed by atoms with Gasteiger partial charge in [0.25, 0.3) is 0 Å². The first-order chi connectivity index (χ1) is 9.65. The Hall–Kier alpha value is -1.14. The summed E-state index contributed by atoms with van der Waals surface area (Å²) in [6, 6.07) is 0.262. The molecule has 0 aliphatic carbocycles. The average Bonchev–Trinajstić information content (AvgIpc) is 2.45. The lowest BCUT2D eigenvalue weighted by atomic mass is 10.0. The topological polar surface area (TPSA) is 87.5 Å². The quantitative estimate of drug-likeness (QED) is 0.540. The zero-order chi connectivity index (χ0) is 14.8. The molecule has 1 aliphatic heterocycles. The molecule has 0 radical (unpaired) electrons. The number of amides is 2. The summed E-state index contributed by atoms with van der Waals surface area (Å²) < 4.78 is 0. The number of piperidine rings is 1. The molecule has 0 unspecified atom stereocenters. The molecule has 0 saturated carbocycles. The van der Waals surface area contributed by atoms with Gasteiger partial charge in [0.1, 0.15) is 0 Å². The Morgan fingerprint density at radius 3 is 2.45 bits per heavy atom. The molecular formula is C14H28N4O2. The normalized spacial score (nSPS) is 16.9. The molecular weight excluding hydrogens is 256 g/mol. The summed E-state index contributed by atoms with van der Waals surface area (Å²) in [7, 11) is 1.65. The lowest BCUT2D eigenvalue weighted by molar-refractivity contribution is -0.124. The van der Waals surface area contributed by atoms with Crippen molar-refractivity contribution in [1.29, 1.82) is 0 Å². The highest BCUT2D eigenvalue weighted by Gasteiger charge is 2.21. The number of carbonyl (C=O) groups excluding carboxylic acids is 2. The molecule has 1 rings (SSSR count). The van der Waals surface area contributed by atoms with Gasteiger partial charge in [-0.25, -0.2) is 0 Å². The van der Waals surface area contributed by atoms with Crippen LogP contribution < -0.4 is 16.4 Å². The minimum Gasteiger partial charge on any atom is -0.358 e. The molecule has 0 aromatic carbocycles. The third-order valence-corrected chi connectivity index (χ3v) is 3.71. The van der Waals surface area contributed by atoms with Crippen LogP contribution >= 0.6 is 0 Å². The van der Waals surface area contributed by atoms with Crippen molar-refractivity contribution in [3.63, 3.8) is 0 Å². The predicted molar refractivity (Wildman–Crippen MR) is 79.2 cm³/mol. The molecule has 1 saturated heterocycles. The van der Waals surface area contributed by atoms with Gasteiger partial charge in [0.05, 0.1) is 6.54 Å². The van der Waals surface area contributed by atoms with E-state index in [0.717, 1.165) is 45.2 Å². The number of hydrogen-bond acceptors (Lipinski definition) is 4. The predicted octanol–water partition coefficient (Wildman–Crippen LogP) is -0.168. The number of nitrogens with zero attached hydrogens (tertiary/aromatic N) is 1. The van der Waals surface area contributed by atoms with E-state index < -0.39 is 0 Å². The van der Waals surface area contributed by atoms with Crippen LogP contribution in [0, 0.1) is 0 Å². The first kappa shape index (κ1) is 16.9. The summed E-state index contributed by atoms with van der Waals surface area (Å²) >= 11 is 0. The molecule has 4 N–H and O–H groups in total.